The minimum atomic E-state index is -0.194. The van der Waals surface area contributed by atoms with Crippen molar-refractivity contribution < 1.29 is 13.9 Å². The normalized spacial score (nSPS) is 11.4. The van der Waals surface area contributed by atoms with Crippen LogP contribution in [-0.2, 0) is 13.1 Å². The van der Waals surface area contributed by atoms with Crippen LogP contribution >= 0.6 is 0 Å². The van der Waals surface area contributed by atoms with Crippen molar-refractivity contribution in [3.63, 3.8) is 0 Å². The van der Waals surface area contributed by atoms with E-state index in [2.05, 4.69) is 15.6 Å². The minimum Gasteiger partial charge on any atom is -0.493 e. The molecule has 0 radical (unpaired) electrons. The summed E-state index contributed by atoms with van der Waals surface area (Å²) >= 11 is 0. The Kier molecular flexibility index (Phi) is 7.43. The van der Waals surface area contributed by atoms with Crippen molar-refractivity contribution in [3.05, 3.63) is 53.3 Å². The highest BCUT2D eigenvalue weighted by molar-refractivity contribution is 5.93. The first kappa shape index (κ1) is 20.5. The topological polar surface area (TPSA) is 58.1 Å². The second-order valence-corrected chi connectivity index (χ2v) is 6.28. The number of aliphatic imine (C=N–C) groups is 1. The Labute approximate surface area is 160 Å². The SMILES string of the molecule is CN=C(NCc1ccc(F)c(CN(C)C)c1)Nc1ccc(OC)c(OC)c1. The maximum Gasteiger partial charge on any atom is 0.195 e. The number of hydrogen-bond acceptors (Lipinski definition) is 4. The predicted molar refractivity (Wildman–Crippen MR) is 107 cm³/mol. The summed E-state index contributed by atoms with van der Waals surface area (Å²) in [6.45, 7) is 1.08. The van der Waals surface area contributed by atoms with E-state index < -0.39 is 0 Å². The van der Waals surface area contributed by atoms with E-state index in [0.29, 0.717) is 36.1 Å². The molecule has 0 bridgehead atoms. The number of rotatable bonds is 7. The molecule has 2 aromatic rings. The van der Waals surface area contributed by atoms with Crippen molar-refractivity contribution in [1.82, 2.24) is 10.2 Å². The van der Waals surface area contributed by atoms with E-state index in [1.165, 1.54) is 6.07 Å². The highest BCUT2D eigenvalue weighted by atomic mass is 19.1. The van der Waals surface area contributed by atoms with Gasteiger partial charge in [-0.2, -0.15) is 0 Å². The molecule has 0 unspecified atom stereocenters. The van der Waals surface area contributed by atoms with Crippen LogP contribution in [0.25, 0.3) is 0 Å². The molecule has 27 heavy (non-hydrogen) atoms. The monoisotopic (exact) mass is 374 g/mol. The molecule has 6 nitrogen and oxygen atoms in total. The number of halogens is 1. The van der Waals surface area contributed by atoms with Crippen molar-refractivity contribution in [2.24, 2.45) is 4.99 Å². The average Bonchev–Trinajstić information content (AvgIpc) is 2.66. The van der Waals surface area contributed by atoms with Gasteiger partial charge in [-0.25, -0.2) is 4.39 Å². The van der Waals surface area contributed by atoms with Gasteiger partial charge in [0.25, 0.3) is 0 Å². The van der Waals surface area contributed by atoms with Crippen LogP contribution in [0.15, 0.2) is 41.4 Å². The van der Waals surface area contributed by atoms with Gasteiger partial charge in [-0.1, -0.05) is 6.07 Å². The fourth-order valence-corrected chi connectivity index (χ4v) is 2.62. The highest BCUT2D eigenvalue weighted by Gasteiger charge is 2.08. The third-order valence-electron chi connectivity index (χ3n) is 3.93. The van der Waals surface area contributed by atoms with Crippen molar-refractivity contribution in [2.45, 2.75) is 13.1 Å². The molecule has 0 atom stereocenters. The molecule has 0 aliphatic rings. The molecule has 146 valence electrons. The van der Waals surface area contributed by atoms with Crippen LogP contribution in [0, 0.1) is 5.82 Å². The Hall–Kier alpha value is -2.80. The van der Waals surface area contributed by atoms with E-state index >= 15 is 0 Å². The van der Waals surface area contributed by atoms with Gasteiger partial charge >= 0.3 is 0 Å². The number of nitrogens with one attached hydrogen (secondary N) is 2. The van der Waals surface area contributed by atoms with E-state index in [1.807, 2.05) is 43.3 Å². The van der Waals surface area contributed by atoms with Crippen LogP contribution in [0.4, 0.5) is 10.1 Å². The molecular weight excluding hydrogens is 347 g/mol. The van der Waals surface area contributed by atoms with Crippen molar-refractivity contribution in [1.29, 1.82) is 0 Å². The van der Waals surface area contributed by atoms with Crippen LogP contribution < -0.4 is 20.1 Å². The van der Waals surface area contributed by atoms with Gasteiger partial charge in [0.05, 0.1) is 14.2 Å². The Balaban J connectivity index is 2.04. The fraction of sp³-hybridized carbons (Fsp3) is 0.350. The van der Waals surface area contributed by atoms with Gasteiger partial charge in [0, 0.05) is 37.5 Å². The molecule has 0 spiro atoms. The zero-order chi connectivity index (χ0) is 19.8. The number of ether oxygens (including phenoxy) is 2. The summed E-state index contributed by atoms with van der Waals surface area (Å²) in [6, 6.07) is 10.7. The molecule has 0 fully saturated rings. The Morgan fingerprint density at radius 2 is 1.81 bits per heavy atom. The Morgan fingerprint density at radius 3 is 2.44 bits per heavy atom. The molecule has 0 aliphatic carbocycles. The van der Waals surface area contributed by atoms with Crippen LogP contribution in [0.2, 0.25) is 0 Å². The van der Waals surface area contributed by atoms with Crippen molar-refractivity contribution in [2.75, 3.05) is 40.7 Å². The van der Waals surface area contributed by atoms with Crippen molar-refractivity contribution in [3.8, 4) is 11.5 Å². The molecule has 0 saturated heterocycles. The second-order valence-electron chi connectivity index (χ2n) is 6.28. The maximum absolute atomic E-state index is 13.9. The maximum atomic E-state index is 13.9. The molecule has 7 heteroatoms. The lowest BCUT2D eigenvalue weighted by Crippen LogP contribution is -2.30. The van der Waals surface area contributed by atoms with Crippen LogP contribution in [0.3, 0.4) is 0 Å². The zero-order valence-corrected chi connectivity index (χ0v) is 16.5. The third kappa shape index (κ3) is 5.86. The largest absolute Gasteiger partial charge is 0.493 e. The Bertz CT molecular complexity index is 794. The number of nitrogens with zero attached hydrogens (tertiary/aromatic N) is 2. The smallest absolute Gasteiger partial charge is 0.195 e. The predicted octanol–water partition coefficient (Wildman–Crippen LogP) is 3.09. The lowest BCUT2D eigenvalue weighted by atomic mass is 10.1. The summed E-state index contributed by atoms with van der Waals surface area (Å²) in [6.07, 6.45) is 0. The molecule has 0 amide bonds. The molecular formula is C20H27FN4O2. The summed E-state index contributed by atoms with van der Waals surface area (Å²) in [5.41, 5.74) is 2.46. The van der Waals surface area contributed by atoms with Gasteiger partial charge in [-0.15, -0.1) is 0 Å². The third-order valence-corrected chi connectivity index (χ3v) is 3.93. The Morgan fingerprint density at radius 1 is 1.07 bits per heavy atom. The summed E-state index contributed by atoms with van der Waals surface area (Å²) in [5.74, 6) is 1.69. The molecule has 2 N–H and O–H groups in total. The summed E-state index contributed by atoms with van der Waals surface area (Å²) in [5, 5.41) is 6.44. The summed E-state index contributed by atoms with van der Waals surface area (Å²) < 4.78 is 24.5. The van der Waals surface area contributed by atoms with Gasteiger partial charge in [0.2, 0.25) is 0 Å². The number of methoxy groups -OCH3 is 2. The first-order chi connectivity index (χ1) is 13.0. The number of hydrogen-bond donors (Lipinski definition) is 2. The van der Waals surface area contributed by atoms with E-state index in [1.54, 1.807) is 27.3 Å². The zero-order valence-electron chi connectivity index (χ0n) is 16.5. The van der Waals surface area contributed by atoms with Gasteiger partial charge in [-0.3, -0.25) is 4.99 Å². The van der Waals surface area contributed by atoms with E-state index in [9.17, 15) is 4.39 Å². The number of guanidine groups is 1. The van der Waals surface area contributed by atoms with Gasteiger partial charge in [-0.05, 0) is 43.9 Å². The van der Waals surface area contributed by atoms with Crippen LogP contribution in [-0.4, -0.2) is 46.2 Å². The molecule has 0 aliphatic heterocycles. The summed E-state index contributed by atoms with van der Waals surface area (Å²) in [7, 11) is 8.71. The van der Waals surface area contributed by atoms with Gasteiger partial charge in [0.15, 0.2) is 17.5 Å². The molecule has 0 aromatic heterocycles. The van der Waals surface area contributed by atoms with E-state index in [-0.39, 0.29) is 5.82 Å². The summed E-state index contributed by atoms with van der Waals surface area (Å²) in [4.78, 5) is 6.16. The van der Waals surface area contributed by atoms with Crippen LogP contribution in [0.1, 0.15) is 11.1 Å². The second kappa shape index (κ2) is 9.78. The number of anilines is 1. The first-order valence-corrected chi connectivity index (χ1v) is 8.58. The molecule has 2 rings (SSSR count). The first-order valence-electron chi connectivity index (χ1n) is 8.58. The number of benzene rings is 2. The molecule has 2 aromatic carbocycles. The lowest BCUT2D eigenvalue weighted by Gasteiger charge is -2.15. The molecule has 0 heterocycles. The van der Waals surface area contributed by atoms with Crippen LogP contribution in [0.5, 0.6) is 11.5 Å². The standard InChI is InChI=1S/C20H27FN4O2/c1-22-20(24-16-7-9-18(26-4)19(11-16)27-5)23-12-14-6-8-17(21)15(10-14)13-25(2)3/h6-11H,12-13H2,1-5H3,(H2,22,23,24). The molecule has 0 saturated carbocycles. The van der Waals surface area contributed by atoms with E-state index in [4.69, 9.17) is 9.47 Å². The van der Waals surface area contributed by atoms with Gasteiger partial charge < -0.3 is 25.0 Å². The fourth-order valence-electron chi connectivity index (χ4n) is 2.62. The van der Waals surface area contributed by atoms with Gasteiger partial charge in [0.1, 0.15) is 5.82 Å². The average molecular weight is 374 g/mol. The van der Waals surface area contributed by atoms with E-state index in [0.717, 1.165) is 11.3 Å². The highest BCUT2D eigenvalue weighted by Crippen LogP contribution is 2.29. The lowest BCUT2D eigenvalue weighted by molar-refractivity contribution is 0.355. The quantitative estimate of drug-likeness (QED) is 0.576. The minimum absolute atomic E-state index is 0.194. The van der Waals surface area contributed by atoms with Crippen molar-refractivity contribution >= 4 is 11.6 Å².